The van der Waals surface area contributed by atoms with Crippen molar-refractivity contribution < 1.29 is 4.74 Å². The summed E-state index contributed by atoms with van der Waals surface area (Å²) in [5, 5.41) is 4.79. The Kier molecular flexibility index (Phi) is 5.60. The molecule has 102 valence electrons. The van der Waals surface area contributed by atoms with Gasteiger partial charge in [-0.05, 0) is 38.6 Å². The molecule has 0 amide bonds. The van der Waals surface area contributed by atoms with Gasteiger partial charge in [-0.2, -0.15) is 0 Å². The molecule has 0 saturated heterocycles. The molecule has 1 heterocycles. The van der Waals surface area contributed by atoms with Crippen molar-refractivity contribution >= 4 is 11.3 Å². The highest BCUT2D eigenvalue weighted by Crippen LogP contribution is 2.34. The monoisotopic (exact) mass is 268 g/mol. The summed E-state index contributed by atoms with van der Waals surface area (Å²) in [6.45, 7) is 6.97. The molecule has 1 aliphatic rings. The molecule has 1 unspecified atom stereocenters. The van der Waals surface area contributed by atoms with Crippen LogP contribution in [0.3, 0.4) is 0 Å². The average molecular weight is 268 g/mol. The van der Waals surface area contributed by atoms with Crippen LogP contribution in [0.2, 0.25) is 0 Å². The van der Waals surface area contributed by atoms with Crippen LogP contribution in [0.15, 0.2) is 0 Å². The van der Waals surface area contributed by atoms with Gasteiger partial charge in [0.2, 0.25) is 0 Å². The van der Waals surface area contributed by atoms with Gasteiger partial charge in [0, 0.05) is 17.5 Å². The first-order valence-electron chi connectivity index (χ1n) is 7.14. The molecule has 1 aliphatic carbocycles. The quantitative estimate of drug-likeness (QED) is 0.769. The van der Waals surface area contributed by atoms with E-state index in [-0.39, 0.29) is 0 Å². The Hall–Kier alpha value is -0.450. The smallest absolute Gasteiger partial charge is 0.119 e. The maximum Gasteiger partial charge on any atom is 0.119 e. The molecule has 0 aromatic carbocycles. The van der Waals surface area contributed by atoms with Gasteiger partial charge in [-0.25, -0.2) is 4.98 Å². The van der Waals surface area contributed by atoms with Crippen molar-refractivity contribution in [2.45, 2.75) is 58.6 Å². The highest BCUT2D eigenvalue weighted by molar-refractivity contribution is 7.11. The molecular formula is C14H24N2OS. The molecule has 1 atom stereocenters. The summed E-state index contributed by atoms with van der Waals surface area (Å²) in [5.74, 6) is 0. The van der Waals surface area contributed by atoms with Crippen LogP contribution in [0.1, 0.15) is 61.2 Å². The van der Waals surface area contributed by atoms with Crippen molar-refractivity contribution in [1.29, 1.82) is 0 Å². The lowest BCUT2D eigenvalue weighted by Crippen LogP contribution is -2.24. The van der Waals surface area contributed by atoms with Crippen LogP contribution >= 0.6 is 11.3 Å². The van der Waals surface area contributed by atoms with Gasteiger partial charge in [-0.3, -0.25) is 0 Å². The normalized spacial score (nSPS) is 18.9. The van der Waals surface area contributed by atoms with Gasteiger partial charge in [0.05, 0.1) is 12.3 Å². The van der Waals surface area contributed by atoms with Crippen LogP contribution in [-0.4, -0.2) is 18.1 Å². The van der Waals surface area contributed by atoms with E-state index in [4.69, 9.17) is 9.72 Å². The number of aromatic nitrogens is 1. The summed E-state index contributed by atoms with van der Waals surface area (Å²) in [6, 6.07) is 0.533. The first-order valence-corrected chi connectivity index (χ1v) is 7.96. The molecule has 18 heavy (non-hydrogen) atoms. The van der Waals surface area contributed by atoms with Gasteiger partial charge in [0.15, 0.2) is 0 Å². The second kappa shape index (κ2) is 7.22. The molecule has 0 saturated carbocycles. The third-order valence-electron chi connectivity index (χ3n) is 3.21. The lowest BCUT2D eigenvalue weighted by molar-refractivity contribution is 0.121. The van der Waals surface area contributed by atoms with Gasteiger partial charge in [0.25, 0.3) is 0 Å². The molecule has 0 fully saturated rings. The predicted octanol–water partition coefficient (Wildman–Crippen LogP) is 3.45. The molecule has 4 heteroatoms. The highest BCUT2D eigenvalue weighted by atomic mass is 32.1. The fourth-order valence-corrected chi connectivity index (χ4v) is 3.51. The van der Waals surface area contributed by atoms with Gasteiger partial charge >= 0.3 is 0 Å². The molecule has 3 nitrogen and oxygen atoms in total. The Morgan fingerprint density at radius 2 is 2.28 bits per heavy atom. The first kappa shape index (κ1) is 14.0. The minimum atomic E-state index is 0.533. The number of nitrogens with one attached hydrogen (secondary N) is 1. The summed E-state index contributed by atoms with van der Waals surface area (Å²) in [7, 11) is 0. The Morgan fingerprint density at radius 1 is 1.39 bits per heavy atom. The second-order valence-electron chi connectivity index (χ2n) is 4.87. The van der Waals surface area contributed by atoms with Gasteiger partial charge in [-0.1, -0.05) is 13.8 Å². The largest absolute Gasteiger partial charge is 0.374 e. The summed E-state index contributed by atoms with van der Waals surface area (Å²) >= 11 is 1.85. The number of rotatable bonds is 7. The molecular weight excluding hydrogens is 244 g/mol. The summed E-state index contributed by atoms with van der Waals surface area (Å²) in [5.41, 5.74) is 1.31. The van der Waals surface area contributed by atoms with E-state index in [1.165, 1.54) is 29.8 Å². The number of ether oxygens (including phenoxy) is 1. The molecule has 1 aromatic heterocycles. The zero-order chi connectivity index (χ0) is 12.8. The second-order valence-corrected chi connectivity index (χ2v) is 5.99. The van der Waals surface area contributed by atoms with Crippen LogP contribution in [0.4, 0.5) is 0 Å². The number of hydrogen-bond donors (Lipinski definition) is 1. The summed E-state index contributed by atoms with van der Waals surface area (Å²) in [6.07, 6.45) is 5.92. The third-order valence-corrected chi connectivity index (χ3v) is 4.39. The molecule has 0 radical (unpaired) electrons. The van der Waals surface area contributed by atoms with E-state index in [2.05, 4.69) is 19.2 Å². The maximum absolute atomic E-state index is 5.59. The lowest BCUT2D eigenvalue weighted by Gasteiger charge is -2.22. The van der Waals surface area contributed by atoms with Crippen LogP contribution in [0.25, 0.3) is 0 Å². The summed E-state index contributed by atoms with van der Waals surface area (Å²) in [4.78, 5) is 6.20. The SMILES string of the molecule is CCCNC1CCCc2nc(COCCC)sc21. The van der Waals surface area contributed by atoms with E-state index >= 15 is 0 Å². The topological polar surface area (TPSA) is 34.2 Å². The molecule has 1 N–H and O–H groups in total. The number of hydrogen-bond acceptors (Lipinski definition) is 4. The van der Waals surface area contributed by atoms with Crippen LogP contribution in [-0.2, 0) is 17.8 Å². The number of aryl methyl sites for hydroxylation is 1. The zero-order valence-corrected chi connectivity index (χ0v) is 12.3. The van der Waals surface area contributed by atoms with Gasteiger partial charge in [0.1, 0.15) is 5.01 Å². The van der Waals surface area contributed by atoms with E-state index in [9.17, 15) is 0 Å². The van der Waals surface area contributed by atoms with E-state index in [1.54, 1.807) is 0 Å². The van der Waals surface area contributed by atoms with E-state index in [0.29, 0.717) is 12.6 Å². The van der Waals surface area contributed by atoms with Crippen LogP contribution in [0, 0.1) is 0 Å². The summed E-state index contributed by atoms with van der Waals surface area (Å²) < 4.78 is 5.59. The molecule has 0 aliphatic heterocycles. The van der Waals surface area contributed by atoms with Crippen LogP contribution < -0.4 is 5.32 Å². The average Bonchev–Trinajstić information content (AvgIpc) is 2.80. The van der Waals surface area contributed by atoms with Gasteiger partial charge in [-0.15, -0.1) is 11.3 Å². The van der Waals surface area contributed by atoms with Gasteiger partial charge < -0.3 is 10.1 Å². The third kappa shape index (κ3) is 3.53. The van der Waals surface area contributed by atoms with Crippen molar-refractivity contribution in [3.05, 3.63) is 15.6 Å². The van der Waals surface area contributed by atoms with Crippen molar-refractivity contribution in [3.63, 3.8) is 0 Å². The lowest BCUT2D eigenvalue weighted by atomic mass is 9.98. The Morgan fingerprint density at radius 3 is 3.06 bits per heavy atom. The fourth-order valence-electron chi connectivity index (χ4n) is 2.35. The molecule has 1 aromatic rings. The zero-order valence-electron chi connectivity index (χ0n) is 11.5. The molecule has 0 bridgehead atoms. The predicted molar refractivity (Wildman–Crippen MR) is 76.0 cm³/mol. The Bertz CT molecular complexity index is 365. The van der Waals surface area contributed by atoms with E-state index in [0.717, 1.165) is 31.0 Å². The number of fused-ring (bicyclic) bond motifs is 1. The Balaban J connectivity index is 1.98. The van der Waals surface area contributed by atoms with E-state index in [1.807, 2.05) is 11.3 Å². The molecule has 2 rings (SSSR count). The van der Waals surface area contributed by atoms with Crippen molar-refractivity contribution in [2.75, 3.05) is 13.2 Å². The maximum atomic E-state index is 5.59. The standard InChI is InChI=1S/C14H24N2OS/c1-3-8-15-11-6-5-7-12-14(11)18-13(16-12)10-17-9-4-2/h11,15H,3-10H2,1-2H3. The number of thiazole rings is 1. The first-order chi connectivity index (χ1) is 8.85. The number of nitrogens with zero attached hydrogens (tertiary/aromatic N) is 1. The minimum absolute atomic E-state index is 0.533. The highest BCUT2D eigenvalue weighted by Gasteiger charge is 2.23. The van der Waals surface area contributed by atoms with Crippen molar-refractivity contribution in [3.8, 4) is 0 Å². The van der Waals surface area contributed by atoms with Crippen molar-refractivity contribution in [1.82, 2.24) is 10.3 Å². The Labute approximate surface area is 114 Å². The minimum Gasteiger partial charge on any atom is -0.374 e. The molecule has 0 spiro atoms. The fraction of sp³-hybridized carbons (Fsp3) is 0.786. The van der Waals surface area contributed by atoms with E-state index < -0.39 is 0 Å². The van der Waals surface area contributed by atoms with Crippen molar-refractivity contribution in [2.24, 2.45) is 0 Å². The van der Waals surface area contributed by atoms with Crippen LogP contribution in [0.5, 0.6) is 0 Å².